The van der Waals surface area contributed by atoms with Crippen molar-refractivity contribution in [2.45, 2.75) is 44.6 Å². The molecule has 1 fully saturated rings. The number of likely N-dealkylation sites (tertiary alicyclic amines) is 1. The normalized spacial score (nSPS) is 17.0. The molecule has 46 heavy (non-hydrogen) atoms. The van der Waals surface area contributed by atoms with Crippen LogP contribution in [-0.2, 0) is 12.8 Å². The zero-order chi connectivity index (χ0) is 32.7. The van der Waals surface area contributed by atoms with E-state index in [4.69, 9.17) is 32.5 Å². The van der Waals surface area contributed by atoms with Crippen molar-refractivity contribution in [1.29, 1.82) is 0 Å². The van der Waals surface area contributed by atoms with Crippen LogP contribution in [-0.4, -0.2) is 66.8 Å². The summed E-state index contributed by atoms with van der Waals surface area (Å²) in [6.45, 7) is 5.75. The van der Waals surface area contributed by atoms with Gasteiger partial charge < -0.3 is 30.7 Å². The van der Waals surface area contributed by atoms with E-state index in [1.54, 1.807) is 14.2 Å². The average Bonchev–Trinajstić information content (AvgIpc) is 3.41. The van der Waals surface area contributed by atoms with E-state index in [1.165, 1.54) is 22.3 Å². The predicted molar refractivity (Wildman–Crippen MR) is 183 cm³/mol. The summed E-state index contributed by atoms with van der Waals surface area (Å²) in [4.78, 5) is 21.8. The number of nitrogens with one attached hydrogen (secondary N) is 1. The lowest BCUT2D eigenvalue weighted by molar-refractivity contribution is -0.918. The highest BCUT2D eigenvalue weighted by Gasteiger charge is 2.46. The maximum Gasteiger partial charge on any atom is 0.274 e. The molecule has 2 heterocycles. The maximum atomic E-state index is 13.6. The number of hydrogen-bond acceptors (Lipinski definition) is 7. The molecule has 1 unspecified atom stereocenters. The van der Waals surface area contributed by atoms with E-state index in [2.05, 4.69) is 70.7 Å². The van der Waals surface area contributed by atoms with Crippen LogP contribution < -0.4 is 26.3 Å². The molecule has 1 aliphatic heterocycles. The van der Waals surface area contributed by atoms with Crippen LogP contribution in [0.2, 0.25) is 5.15 Å². The van der Waals surface area contributed by atoms with Crippen molar-refractivity contribution in [3.8, 4) is 11.5 Å². The van der Waals surface area contributed by atoms with Crippen molar-refractivity contribution >= 4 is 29.1 Å². The molecule has 1 amide bonds. The van der Waals surface area contributed by atoms with E-state index in [1.807, 2.05) is 24.3 Å². The van der Waals surface area contributed by atoms with Crippen molar-refractivity contribution in [2.75, 3.05) is 51.9 Å². The van der Waals surface area contributed by atoms with E-state index < -0.39 is 5.91 Å². The number of aromatic nitrogens is 2. The van der Waals surface area contributed by atoms with Crippen LogP contribution in [0.1, 0.15) is 51.5 Å². The van der Waals surface area contributed by atoms with Gasteiger partial charge in [0, 0.05) is 12.8 Å². The number of quaternary nitrogens is 1. The molecule has 9 nitrogen and oxygen atoms in total. The smallest absolute Gasteiger partial charge is 0.274 e. The summed E-state index contributed by atoms with van der Waals surface area (Å²) in [7, 11) is 3.37. The SMILES string of the molecule is COc1ccc(CCC[N+]2(CCCc3ccc(OC)cc3)CC(c3ccc(C)cc3)[C@H](NC(=O)c3nc(Cl)c(N)nc3N)C2)cc1. The van der Waals surface area contributed by atoms with Gasteiger partial charge in [-0.1, -0.05) is 65.7 Å². The summed E-state index contributed by atoms with van der Waals surface area (Å²) in [6.07, 6.45) is 3.96. The molecule has 0 saturated carbocycles. The Morgan fingerprint density at radius 1 is 0.826 bits per heavy atom. The number of hydrogen-bond donors (Lipinski definition) is 3. The predicted octanol–water partition coefficient (Wildman–Crippen LogP) is 5.60. The van der Waals surface area contributed by atoms with Crippen LogP contribution in [0.4, 0.5) is 11.6 Å². The third-order valence-corrected chi connectivity index (χ3v) is 9.39. The summed E-state index contributed by atoms with van der Waals surface area (Å²) < 4.78 is 11.6. The Morgan fingerprint density at radius 3 is 1.89 bits per heavy atom. The zero-order valence-electron chi connectivity index (χ0n) is 26.8. The number of nitrogens with zero attached hydrogens (tertiary/aromatic N) is 3. The van der Waals surface area contributed by atoms with Crippen molar-refractivity contribution in [2.24, 2.45) is 0 Å². The van der Waals surface area contributed by atoms with Crippen LogP contribution in [0.25, 0.3) is 0 Å². The number of anilines is 2. The standard InChI is InChI=1S/C36H43ClN6O3/c1-24-8-14-27(15-9-24)30-22-43(20-4-6-25-10-16-28(45-2)17-11-25,21-5-7-26-12-18-29(46-3)19-13-26)23-31(30)40-36(44)32-34(38)42-35(39)33(37)41-32/h8-19,30-31H,4-7,20-23H2,1-3H3,(H4-,38,39,40,42,44)/p+1/t30?,31-/m1/s1. The minimum absolute atomic E-state index is 0.00137. The zero-order valence-corrected chi connectivity index (χ0v) is 27.6. The summed E-state index contributed by atoms with van der Waals surface area (Å²) in [5.74, 6) is 1.38. The Hall–Kier alpha value is -4.34. The molecule has 3 aromatic carbocycles. The van der Waals surface area contributed by atoms with Gasteiger partial charge in [-0.2, -0.15) is 0 Å². The Balaban J connectivity index is 1.39. The quantitative estimate of drug-likeness (QED) is 0.162. The highest BCUT2D eigenvalue weighted by atomic mass is 35.5. The fraction of sp³-hybridized carbons (Fsp3) is 0.361. The van der Waals surface area contributed by atoms with Crippen LogP contribution in [0.5, 0.6) is 11.5 Å². The van der Waals surface area contributed by atoms with Gasteiger partial charge in [0.15, 0.2) is 22.5 Å². The van der Waals surface area contributed by atoms with Gasteiger partial charge in [-0.3, -0.25) is 4.79 Å². The lowest BCUT2D eigenvalue weighted by Gasteiger charge is -2.35. The van der Waals surface area contributed by atoms with E-state index in [0.29, 0.717) is 0 Å². The number of halogens is 1. The number of rotatable bonds is 13. The number of carbonyl (C=O) groups excluding carboxylic acids is 1. The second-order valence-electron chi connectivity index (χ2n) is 12.3. The molecule has 5 rings (SSSR count). The summed E-state index contributed by atoms with van der Waals surface area (Å²) in [5.41, 5.74) is 16.8. The lowest BCUT2D eigenvalue weighted by Crippen LogP contribution is -2.50. The minimum atomic E-state index is -0.398. The van der Waals surface area contributed by atoms with Crippen LogP contribution in [0.15, 0.2) is 72.8 Å². The molecule has 1 aromatic heterocycles. The Bertz CT molecular complexity index is 1560. The highest BCUT2D eigenvalue weighted by molar-refractivity contribution is 6.31. The topological polar surface area (TPSA) is 125 Å². The lowest BCUT2D eigenvalue weighted by atomic mass is 9.93. The van der Waals surface area contributed by atoms with Crippen molar-refractivity contribution in [1.82, 2.24) is 15.3 Å². The number of amides is 1. The van der Waals surface area contributed by atoms with Gasteiger partial charge in [-0.05, 0) is 60.7 Å². The Labute approximate surface area is 276 Å². The van der Waals surface area contributed by atoms with Crippen molar-refractivity contribution in [3.05, 3.63) is 106 Å². The van der Waals surface area contributed by atoms with E-state index in [-0.39, 0.29) is 34.4 Å². The van der Waals surface area contributed by atoms with Gasteiger partial charge in [0.1, 0.15) is 18.0 Å². The summed E-state index contributed by atoms with van der Waals surface area (Å²) in [6, 6.07) is 25.1. The minimum Gasteiger partial charge on any atom is -0.497 e. The van der Waals surface area contributed by atoms with Crippen LogP contribution in [0, 0.1) is 6.92 Å². The average molecular weight is 644 g/mol. The number of nitrogens with two attached hydrogens (primary N) is 2. The van der Waals surface area contributed by atoms with Gasteiger partial charge in [0.25, 0.3) is 5.91 Å². The van der Waals surface area contributed by atoms with E-state index in [0.717, 1.165) is 67.8 Å². The third-order valence-electron chi connectivity index (χ3n) is 9.11. The monoisotopic (exact) mass is 643 g/mol. The van der Waals surface area contributed by atoms with Crippen molar-refractivity contribution in [3.63, 3.8) is 0 Å². The number of benzene rings is 3. The van der Waals surface area contributed by atoms with Gasteiger partial charge in [0.2, 0.25) is 0 Å². The van der Waals surface area contributed by atoms with E-state index in [9.17, 15) is 4.79 Å². The second-order valence-corrected chi connectivity index (χ2v) is 12.6. The second kappa shape index (κ2) is 14.8. The molecule has 1 aliphatic rings. The van der Waals surface area contributed by atoms with Gasteiger partial charge in [-0.15, -0.1) is 0 Å². The molecule has 2 atom stereocenters. The fourth-order valence-corrected chi connectivity index (χ4v) is 6.73. The fourth-order valence-electron chi connectivity index (χ4n) is 6.61. The summed E-state index contributed by atoms with van der Waals surface area (Å²) in [5, 5.41) is 3.24. The van der Waals surface area contributed by atoms with E-state index >= 15 is 0 Å². The molecule has 1 saturated heterocycles. The molecular formula is C36H44ClN6O3+. The number of aryl methyl sites for hydroxylation is 3. The molecule has 242 valence electrons. The maximum absolute atomic E-state index is 13.6. The Morgan fingerprint density at radius 2 is 1.37 bits per heavy atom. The molecule has 4 aromatic rings. The molecule has 0 aliphatic carbocycles. The van der Waals surface area contributed by atoms with Crippen LogP contribution in [0.3, 0.4) is 0 Å². The summed E-state index contributed by atoms with van der Waals surface area (Å²) >= 11 is 6.13. The Kier molecular flexibility index (Phi) is 10.7. The molecular weight excluding hydrogens is 600 g/mol. The molecule has 0 spiro atoms. The first-order valence-corrected chi connectivity index (χ1v) is 16.1. The third kappa shape index (κ3) is 8.08. The van der Waals surface area contributed by atoms with Crippen molar-refractivity contribution < 1.29 is 18.8 Å². The largest absolute Gasteiger partial charge is 0.497 e. The van der Waals surface area contributed by atoms with Crippen LogP contribution >= 0.6 is 11.6 Å². The first-order valence-electron chi connectivity index (χ1n) is 15.8. The van der Waals surface area contributed by atoms with Gasteiger partial charge in [-0.25, -0.2) is 9.97 Å². The van der Waals surface area contributed by atoms with Gasteiger partial charge >= 0.3 is 0 Å². The number of methoxy groups -OCH3 is 2. The molecule has 10 heteroatoms. The number of ether oxygens (including phenoxy) is 2. The highest BCUT2D eigenvalue weighted by Crippen LogP contribution is 2.35. The number of carbonyl (C=O) groups is 1. The first-order chi connectivity index (χ1) is 22.2. The first kappa shape index (κ1) is 33.0. The molecule has 0 bridgehead atoms. The molecule has 0 radical (unpaired) electrons. The van der Waals surface area contributed by atoms with Gasteiger partial charge in [0.05, 0.1) is 45.8 Å². The molecule has 5 N–H and O–H groups in total. The number of nitrogen functional groups attached to an aromatic ring is 2.